The van der Waals surface area contributed by atoms with E-state index in [1.54, 1.807) is 0 Å². The van der Waals surface area contributed by atoms with Crippen molar-refractivity contribution in [3.8, 4) is 0 Å². The van der Waals surface area contributed by atoms with E-state index in [1.165, 1.54) is 0 Å². The minimum atomic E-state index is 0. The Morgan fingerprint density at radius 2 is 1.92 bits per heavy atom. The number of benzene rings is 1. The van der Waals surface area contributed by atoms with Gasteiger partial charge in [0.1, 0.15) is 0 Å². The van der Waals surface area contributed by atoms with Gasteiger partial charge in [-0.2, -0.15) is 0 Å². The Hall–Kier alpha value is -0.600. The van der Waals surface area contributed by atoms with Crippen molar-refractivity contribution in [2.45, 2.75) is 0 Å². The lowest BCUT2D eigenvalue weighted by atomic mass is 10.2. The topological polar surface area (TPSA) is 29.3 Å². The number of anilines is 2. The molecule has 0 aromatic heterocycles. The Bertz CT molecular complexity index is 241. The van der Waals surface area contributed by atoms with Crippen LogP contribution in [0, 0.1) is 0 Å². The molecular formula is C8H12Cl2N2. The summed E-state index contributed by atoms with van der Waals surface area (Å²) in [6.07, 6.45) is 0. The third kappa shape index (κ3) is 2.19. The largest absolute Gasteiger partial charge is 0.397 e. The van der Waals surface area contributed by atoms with Gasteiger partial charge in [-0.3, -0.25) is 0 Å². The van der Waals surface area contributed by atoms with Gasteiger partial charge in [0, 0.05) is 14.1 Å². The van der Waals surface area contributed by atoms with Gasteiger partial charge in [0.2, 0.25) is 0 Å². The fraction of sp³-hybridized carbons (Fsp3) is 0.250. The van der Waals surface area contributed by atoms with Crippen LogP contribution in [0.4, 0.5) is 11.4 Å². The van der Waals surface area contributed by atoms with Gasteiger partial charge in [-0.15, -0.1) is 12.4 Å². The van der Waals surface area contributed by atoms with E-state index in [1.807, 2.05) is 37.2 Å². The standard InChI is InChI=1S/C8H11ClN2.ClH/c1-11(2)8-6(9)4-3-5-7(8)10;/h3-5H,10H2,1-2H3;1H. The first-order chi connectivity index (χ1) is 5.13. The molecule has 0 atom stereocenters. The molecule has 1 aromatic carbocycles. The Morgan fingerprint density at radius 1 is 1.33 bits per heavy atom. The van der Waals surface area contributed by atoms with E-state index in [2.05, 4.69) is 0 Å². The fourth-order valence-electron chi connectivity index (χ4n) is 1.00. The van der Waals surface area contributed by atoms with Crippen LogP contribution >= 0.6 is 24.0 Å². The molecule has 4 heteroatoms. The van der Waals surface area contributed by atoms with Crippen molar-refractivity contribution in [1.82, 2.24) is 0 Å². The monoisotopic (exact) mass is 206 g/mol. The summed E-state index contributed by atoms with van der Waals surface area (Å²) in [6.45, 7) is 0. The van der Waals surface area contributed by atoms with Crippen molar-refractivity contribution in [1.29, 1.82) is 0 Å². The molecule has 0 heterocycles. The zero-order chi connectivity index (χ0) is 8.43. The van der Waals surface area contributed by atoms with E-state index < -0.39 is 0 Å². The quantitative estimate of drug-likeness (QED) is 0.716. The zero-order valence-electron chi connectivity index (χ0n) is 7.04. The average Bonchev–Trinajstić information content (AvgIpc) is 1.85. The molecule has 12 heavy (non-hydrogen) atoms. The van der Waals surface area contributed by atoms with Gasteiger partial charge in [0.05, 0.1) is 16.4 Å². The minimum absolute atomic E-state index is 0. The van der Waals surface area contributed by atoms with Crippen molar-refractivity contribution in [2.24, 2.45) is 0 Å². The minimum Gasteiger partial charge on any atom is -0.397 e. The highest BCUT2D eigenvalue weighted by molar-refractivity contribution is 6.33. The number of nitrogens with zero attached hydrogens (tertiary/aromatic N) is 1. The Labute approximate surface area is 83.7 Å². The lowest BCUT2D eigenvalue weighted by Gasteiger charge is -2.16. The maximum absolute atomic E-state index is 5.90. The number of para-hydroxylation sites is 1. The molecule has 0 amide bonds. The molecule has 2 N–H and O–H groups in total. The molecule has 0 aliphatic rings. The average molecular weight is 207 g/mol. The Morgan fingerprint density at radius 3 is 2.25 bits per heavy atom. The van der Waals surface area contributed by atoms with Crippen LogP contribution in [0.25, 0.3) is 0 Å². The third-order valence-corrected chi connectivity index (χ3v) is 1.77. The van der Waals surface area contributed by atoms with Crippen LogP contribution in [-0.2, 0) is 0 Å². The summed E-state index contributed by atoms with van der Waals surface area (Å²) < 4.78 is 0. The lowest BCUT2D eigenvalue weighted by Crippen LogP contribution is -2.11. The van der Waals surface area contributed by atoms with Crippen LogP contribution < -0.4 is 10.6 Å². The summed E-state index contributed by atoms with van der Waals surface area (Å²) in [5.41, 5.74) is 7.29. The SMILES string of the molecule is CN(C)c1c(N)cccc1Cl.Cl. The number of halogens is 2. The van der Waals surface area contributed by atoms with E-state index >= 15 is 0 Å². The summed E-state index contributed by atoms with van der Waals surface area (Å²) in [4.78, 5) is 1.90. The van der Waals surface area contributed by atoms with Gasteiger partial charge in [0.15, 0.2) is 0 Å². The predicted molar refractivity (Wildman–Crippen MR) is 57.4 cm³/mol. The van der Waals surface area contributed by atoms with E-state index in [0.717, 1.165) is 5.69 Å². The molecule has 0 radical (unpaired) electrons. The van der Waals surface area contributed by atoms with Crippen LogP contribution in [0.3, 0.4) is 0 Å². The van der Waals surface area contributed by atoms with Crippen LogP contribution in [0.1, 0.15) is 0 Å². The van der Waals surface area contributed by atoms with Crippen LogP contribution in [0.15, 0.2) is 18.2 Å². The van der Waals surface area contributed by atoms with E-state index in [4.69, 9.17) is 17.3 Å². The van der Waals surface area contributed by atoms with Crippen molar-refractivity contribution in [2.75, 3.05) is 24.7 Å². The maximum atomic E-state index is 5.90. The summed E-state index contributed by atoms with van der Waals surface area (Å²) in [5.74, 6) is 0. The first-order valence-corrected chi connectivity index (χ1v) is 3.72. The molecule has 0 spiro atoms. The second kappa shape index (κ2) is 4.43. The number of nitrogen functional groups attached to an aromatic ring is 1. The van der Waals surface area contributed by atoms with Crippen molar-refractivity contribution < 1.29 is 0 Å². The van der Waals surface area contributed by atoms with Crippen LogP contribution in [0.5, 0.6) is 0 Å². The van der Waals surface area contributed by atoms with Gasteiger partial charge in [-0.1, -0.05) is 17.7 Å². The summed E-state index contributed by atoms with van der Waals surface area (Å²) in [6, 6.07) is 5.50. The molecule has 0 unspecified atom stereocenters. The summed E-state index contributed by atoms with van der Waals surface area (Å²) in [7, 11) is 3.83. The molecule has 0 aliphatic heterocycles. The van der Waals surface area contributed by atoms with Crippen LogP contribution in [-0.4, -0.2) is 14.1 Å². The highest BCUT2D eigenvalue weighted by Gasteiger charge is 2.04. The molecule has 2 nitrogen and oxygen atoms in total. The molecule has 0 fully saturated rings. The first kappa shape index (κ1) is 11.4. The number of rotatable bonds is 1. The predicted octanol–water partition coefficient (Wildman–Crippen LogP) is 2.41. The highest BCUT2D eigenvalue weighted by atomic mass is 35.5. The molecule has 1 aromatic rings. The van der Waals surface area contributed by atoms with Gasteiger partial charge >= 0.3 is 0 Å². The van der Waals surface area contributed by atoms with Gasteiger partial charge < -0.3 is 10.6 Å². The second-order valence-electron chi connectivity index (χ2n) is 2.57. The normalized spacial score (nSPS) is 8.92. The Balaban J connectivity index is 0.00000121. The maximum Gasteiger partial charge on any atom is 0.0783 e. The van der Waals surface area contributed by atoms with Crippen molar-refractivity contribution in [3.63, 3.8) is 0 Å². The summed E-state index contributed by atoms with van der Waals surface area (Å²) in [5, 5.41) is 0.690. The van der Waals surface area contributed by atoms with Gasteiger partial charge in [0.25, 0.3) is 0 Å². The smallest absolute Gasteiger partial charge is 0.0783 e. The number of nitrogens with two attached hydrogens (primary N) is 1. The molecule has 0 saturated heterocycles. The molecule has 0 aliphatic carbocycles. The van der Waals surface area contributed by atoms with Gasteiger partial charge in [-0.25, -0.2) is 0 Å². The van der Waals surface area contributed by atoms with Crippen molar-refractivity contribution in [3.05, 3.63) is 23.2 Å². The third-order valence-electron chi connectivity index (χ3n) is 1.47. The molecule has 0 saturated carbocycles. The number of hydrogen-bond donors (Lipinski definition) is 1. The Kier molecular flexibility index (Phi) is 4.21. The molecular weight excluding hydrogens is 195 g/mol. The molecule has 1 rings (SSSR count). The van der Waals surface area contributed by atoms with Crippen molar-refractivity contribution >= 4 is 35.4 Å². The number of hydrogen-bond acceptors (Lipinski definition) is 2. The highest BCUT2D eigenvalue weighted by Crippen LogP contribution is 2.29. The molecule has 0 bridgehead atoms. The van der Waals surface area contributed by atoms with Crippen LogP contribution in [0.2, 0.25) is 5.02 Å². The van der Waals surface area contributed by atoms with E-state index in [-0.39, 0.29) is 12.4 Å². The van der Waals surface area contributed by atoms with Gasteiger partial charge in [-0.05, 0) is 12.1 Å². The van der Waals surface area contributed by atoms with E-state index in [0.29, 0.717) is 10.7 Å². The zero-order valence-corrected chi connectivity index (χ0v) is 8.62. The fourth-order valence-corrected chi connectivity index (χ4v) is 1.35. The summed E-state index contributed by atoms with van der Waals surface area (Å²) >= 11 is 5.90. The lowest BCUT2D eigenvalue weighted by molar-refractivity contribution is 1.13. The molecule has 68 valence electrons. The first-order valence-electron chi connectivity index (χ1n) is 3.34. The van der Waals surface area contributed by atoms with E-state index in [9.17, 15) is 0 Å². The second-order valence-corrected chi connectivity index (χ2v) is 2.98.